The summed E-state index contributed by atoms with van der Waals surface area (Å²) in [6, 6.07) is 5.84. The van der Waals surface area contributed by atoms with Gasteiger partial charge >= 0.3 is 15.2 Å². The Morgan fingerprint density at radius 1 is 1.00 bits per heavy atom. The lowest BCUT2D eigenvalue weighted by Gasteiger charge is -2.32. The summed E-state index contributed by atoms with van der Waals surface area (Å²) < 4.78 is 48.6. The first-order valence-corrected chi connectivity index (χ1v) is 12.7. The average molecular weight is 423 g/mol. The zero-order valence-corrected chi connectivity index (χ0v) is 18.2. The van der Waals surface area contributed by atoms with E-state index in [0.29, 0.717) is 0 Å². The summed E-state index contributed by atoms with van der Waals surface area (Å²) in [5.41, 5.74) is 0. The molecule has 148 valence electrons. The van der Waals surface area contributed by atoms with Crippen LogP contribution in [0.15, 0.2) is 17.5 Å². The van der Waals surface area contributed by atoms with Crippen molar-refractivity contribution < 1.29 is 27.2 Å². The smallest absolute Gasteiger partial charge is 0.308 e. The van der Waals surface area contributed by atoms with Crippen LogP contribution in [0.5, 0.6) is 0 Å². The van der Waals surface area contributed by atoms with Gasteiger partial charge in [0.25, 0.3) is 0 Å². The lowest BCUT2D eigenvalue weighted by molar-refractivity contribution is 0.193. The second kappa shape index (κ2) is 11.4. The predicted octanol–water partition coefficient (Wildman–Crippen LogP) is 5.60. The molecule has 26 heavy (non-hydrogen) atoms. The van der Waals surface area contributed by atoms with Gasteiger partial charge in [0.1, 0.15) is 0 Å². The number of nitriles is 1. The van der Waals surface area contributed by atoms with Gasteiger partial charge in [0.15, 0.2) is 5.40 Å². The van der Waals surface area contributed by atoms with Crippen LogP contribution in [0.25, 0.3) is 0 Å². The highest BCUT2D eigenvalue weighted by Crippen LogP contribution is 2.72. The van der Waals surface area contributed by atoms with Gasteiger partial charge < -0.3 is 18.1 Å². The highest BCUT2D eigenvalue weighted by molar-refractivity contribution is 7.72. The molecule has 0 saturated carbocycles. The highest BCUT2D eigenvalue weighted by Gasteiger charge is 2.51. The molecule has 0 fully saturated rings. The summed E-state index contributed by atoms with van der Waals surface area (Å²) >= 11 is 1.41. The minimum atomic E-state index is -3.84. The fourth-order valence-electron chi connectivity index (χ4n) is 2.50. The van der Waals surface area contributed by atoms with Crippen molar-refractivity contribution in [3.63, 3.8) is 0 Å². The molecule has 1 aromatic heterocycles. The second-order valence-corrected chi connectivity index (χ2v) is 11.0. The molecule has 0 aliphatic carbocycles. The lowest BCUT2D eigenvalue weighted by atomic mass is 10.1. The molecule has 1 aromatic rings. The first kappa shape index (κ1) is 23.5. The van der Waals surface area contributed by atoms with E-state index in [-0.39, 0.29) is 32.8 Å². The van der Waals surface area contributed by atoms with Gasteiger partial charge in [-0.2, -0.15) is 5.26 Å². The van der Waals surface area contributed by atoms with Crippen molar-refractivity contribution in [2.24, 2.45) is 0 Å². The minimum absolute atomic E-state index is 0.00836. The Balaban J connectivity index is 3.37. The van der Waals surface area contributed by atoms with Gasteiger partial charge in [-0.1, -0.05) is 6.07 Å². The van der Waals surface area contributed by atoms with E-state index in [2.05, 4.69) is 6.07 Å². The molecule has 0 aliphatic rings. The normalized spacial score (nSPS) is 13.7. The lowest BCUT2D eigenvalue weighted by Crippen LogP contribution is -2.20. The molecule has 0 aromatic carbocycles. The maximum Gasteiger partial charge on any atom is 0.345 e. The Morgan fingerprint density at radius 2 is 1.46 bits per heavy atom. The maximum absolute atomic E-state index is 13.4. The molecule has 1 rings (SSSR count). The van der Waals surface area contributed by atoms with E-state index in [4.69, 9.17) is 18.1 Å². The minimum Gasteiger partial charge on any atom is -0.308 e. The maximum atomic E-state index is 13.4. The Hall–Kier alpha value is -0.510. The number of nitrogens with zero attached hydrogens (tertiary/aromatic N) is 1. The largest absolute Gasteiger partial charge is 0.345 e. The molecular formula is C16H27NO6P2S. The first-order valence-electron chi connectivity index (χ1n) is 8.61. The van der Waals surface area contributed by atoms with Gasteiger partial charge in [0.2, 0.25) is 0 Å². The van der Waals surface area contributed by atoms with Crippen molar-refractivity contribution in [1.82, 2.24) is 0 Å². The third-order valence-electron chi connectivity index (χ3n) is 3.46. The summed E-state index contributed by atoms with van der Waals surface area (Å²) in [5, 5.41) is 10.3. The van der Waals surface area contributed by atoms with Crippen molar-refractivity contribution in [2.45, 2.75) is 45.4 Å². The molecule has 0 aliphatic heterocycles. The van der Waals surface area contributed by atoms with Gasteiger partial charge in [-0.15, -0.1) is 11.3 Å². The van der Waals surface area contributed by atoms with Crippen molar-refractivity contribution in [2.75, 3.05) is 26.4 Å². The Bertz CT molecular complexity index is 610. The number of thiophene rings is 1. The van der Waals surface area contributed by atoms with Gasteiger partial charge in [0, 0.05) is 4.88 Å². The Labute approximate surface area is 159 Å². The second-order valence-electron chi connectivity index (χ2n) is 5.16. The van der Waals surface area contributed by atoms with E-state index >= 15 is 0 Å². The molecule has 0 saturated heterocycles. The fraction of sp³-hybridized carbons (Fsp3) is 0.688. The molecule has 0 spiro atoms. The van der Waals surface area contributed by atoms with Crippen LogP contribution >= 0.6 is 26.5 Å². The molecule has 7 nitrogen and oxygen atoms in total. The molecule has 0 radical (unpaired) electrons. The quantitative estimate of drug-likeness (QED) is 0.381. The van der Waals surface area contributed by atoms with Crippen molar-refractivity contribution in [3.05, 3.63) is 22.4 Å². The van der Waals surface area contributed by atoms with Crippen molar-refractivity contribution >= 4 is 26.5 Å². The first-order chi connectivity index (χ1) is 12.4. The standard InChI is InChI=1S/C16H27NO6P2S/c1-5-20-24(18,21-6-2)16(25(19,22-7-3)23-8-4)12-14(13-17)15-10-9-11-26-15/h9-11,14,16H,5-8,12H2,1-4H3. The van der Waals surface area contributed by atoms with Crippen LogP contribution in [0.2, 0.25) is 0 Å². The van der Waals surface area contributed by atoms with Gasteiger partial charge in [-0.3, -0.25) is 9.13 Å². The van der Waals surface area contributed by atoms with Crippen LogP contribution in [-0.4, -0.2) is 31.8 Å². The van der Waals surface area contributed by atoms with Crippen LogP contribution in [0.1, 0.15) is 44.9 Å². The van der Waals surface area contributed by atoms with Gasteiger partial charge in [-0.25, -0.2) is 0 Å². The highest BCUT2D eigenvalue weighted by atomic mass is 32.1. The van der Waals surface area contributed by atoms with Crippen LogP contribution in [-0.2, 0) is 27.2 Å². The van der Waals surface area contributed by atoms with Crippen molar-refractivity contribution in [3.8, 4) is 6.07 Å². The predicted molar refractivity (Wildman–Crippen MR) is 103 cm³/mol. The van der Waals surface area contributed by atoms with Gasteiger partial charge in [-0.05, 0) is 45.6 Å². The molecule has 1 atom stereocenters. The summed E-state index contributed by atoms with van der Waals surface area (Å²) in [5.74, 6) is -0.622. The zero-order valence-electron chi connectivity index (χ0n) is 15.6. The summed E-state index contributed by atoms with van der Waals surface area (Å²) in [6.45, 7) is 7.16. The van der Waals surface area contributed by atoms with E-state index < -0.39 is 26.5 Å². The number of rotatable bonds is 13. The summed E-state index contributed by atoms with van der Waals surface area (Å²) in [7, 11) is -7.68. The SMILES string of the molecule is CCOP(=O)(OCC)C(CC(C#N)c1cccs1)P(=O)(OCC)OCC. The summed E-state index contributed by atoms with van der Waals surface area (Å²) in [6.07, 6.45) is -0.00836. The van der Waals surface area contributed by atoms with E-state index in [1.807, 2.05) is 17.5 Å². The van der Waals surface area contributed by atoms with Crippen molar-refractivity contribution in [1.29, 1.82) is 5.26 Å². The Morgan fingerprint density at radius 3 is 1.77 bits per heavy atom. The molecule has 1 unspecified atom stereocenters. The van der Waals surface area contributed by atoms with Crippen LogP contribution in [0, 0.1) is 11.3 Å². The van der Waals surface area contributed by atoms with E-state index in [1.165, 1.54) is 11.3 Å². The third kappa shape index (κ3) is 6.00. The molecular weight excluding hydrogens is 396 g/mol. The monoisotopic (exact) mass is 423 g/mol. The van der Waals surface area contributed by atoms with Crippen LogP contribution in [0.4, 0.5) is 0 Å². The van der Waals surface area contributed by atoms with Crippen LogP contribution in [0.3, 0.4) is 0 Å². The molecule has 10 heteroatoms. The van der Waals surface area contributed by atoms with E-state index in [0.717, 1.165) is 4.88 Å². The molecule has 1 heterocycles. The topological polar surface area (TPSA) is 94.9 Å². The zero-order chi connectivity index (χ0) is 19.6. The Kier molecular flexibility index (Phi) is 10.3. The van der Waals surface area contributed by atoms with E-state index in [9.17, 15) is 14.4 Å². The van der Waals surface area contributed by atoms with Crippen LogP contribution < -0.4 is 0 Å². The summed E-state index contributed by atoms with van der Waals surface area (Å²) in [4.78, 5) is 0.789. The number of hydrogen-bond acceptors (Lipinski definition) is 8. The molecule has 0 amide bonds. The molecule has 0 N–H and O–H groups in total. The third-order valence-corrected chi connectivity index (χ3v) is 10.5. The van der Waals surface area contributed by atoms with E-state index in [1.54, 1.807) is 27.7 Å². The number of hydrogen-bond donors (Lipinski definition) is 0. The van der Waals surface area contributed by atoms with Gasteiger partial charge in [0.05, 0.1) is 38.4 Å². The average Bonchev–Trinajstić information content (AvgIpc) is 3.10. The molecule has 0 bridgehead atoms. The fourth-order valence-corrected chi connectivity index (χ4v) is 8.69.